The Morgan fingerprint density at radius 1 is 1.33 bits per heavy atom. The highest BCUT2D eigenvalue weighted by Crippen LogP contribution is 2.15. The van der Waals surface area contributed by atoms with Crippen molar-refractivity contribution in [3.63, 3.8) is 0 Å². The van der Waals surface area contributed by atoms with Crippen molar-refractivity contribution < 1.29 is 13.2 Å². The molecule has 2 rings (SSSR count). The first-order valence-electron chi connectivity index (χ1n) is 6.03. The zero-order valence-corrected chi connectivity index (χ0v) is 12.6. The molecule has 0 aliphatic carbocycles. The van der Waals surface area contributed by atoms with E-state index in [-0.39, 0.29) is 16.4 Å². The van der Waals surface area contributed by atoms with Crippen LogP contribution < -0.4 is 5.32 Å². The van der Waals surface area contributed by atoms with Crippen molar-refractivity contribution in [3.05, 3.63) is 35.7 Å². The Morgan fingerprint density at radius 2 is 2.05 bits per heavy atom. The first-order valence-corrected chi connectivity index (χ1v) is 7.47. The number of hydrogen-bond donors (Lipinski definition) is 2. The number of carbonyl (C=O) groups is 1. The summed E-state index contributed by atoms with van der Waals surface area (Å²) < 4.78 is 25.2. The van der Waals surface area contributed by atoms with Gasteiger partial charge in [-0.05, 0) is 25.1 Å². The molecule has 1 aromatic heterocycles. The van der Waals surface area contributed by atoms with Gasteiger partial charge in [-0.2, -0.15) is 4.98 Å². The highest BCUT2D eigenvalue weighted by Gasteiger charge is 2.19. The number of aromatic amines is 1. The number of H-pyrrole nitrogens is 1. The van der Waals surface area contributed by atoms with Gasteiger partial charge in [0.25, 0.3) is 5.91 Å². The number of nitrogens with one attached hydrogen (secondary N) is 2. The van der Waals surface area contributed by atoms with Gasteiger partial charge in [-0.3, -0.25) is 15.2 Å². The summed E-state index contributed by atoms with van der Waals surface area (Å²) in [5.74, 6) is 0.220. The minimum absolute atomic E-state index is 0.0475. The van der Waals surface area contributed by atoms with Crippen LogP contribution in [0.1, 0.15) is 16.2 Å². The lowest BCUT2D eigenvalue weighted by Crippen LogP contribution is -2.22. The second-order valence-electron chi connectivity index (χ2n) is 4.51. The molecule has 1 amide bonds. The number of carbonyl (C=O) groups excluding carboxylic acids is 1. The third-order valence-electron chi connectivity index (χ3n) is 2.70. The van der Waals surface area contributed by atoms with Crippen molar-refractivity contribution in [1.29, 1.82) is 0 Å². The fraction of sp³-hybridized carbons (Fsp3) is 0.250. The SMILES string of the molecule is Cc1nc(NC(=O)c2cccc(S(=O)(=O)N(C)C)c2)n[nH]1. The Kier molecular flexibility index (Phi) is 4.05. The molecule has 0 spiro atoms. The predicted octanol–water partition coefficient (Wildman–Crippen LogP) is 0.616. The Bertz CT molecular complexity index is 767. The first-order chi connectivity index (χ1) is 9.80. The quantitative estimate of drug-likeness (QED) is 0.860. The smallest absolute Gasteiger partial charge is 0.258 e. The van der Waals surface area contributed by atoms with Crippen molar-refractivity contribution in [3.8, 4) is 0 Å². The molecule has 21 heavy (non-hydrogen) atoms. The number of hydrogen-bond acceptors (Lipinski definition) is 5. The molecule has 9 heteroatoms. The fourth-order valence-electron chi connectivity index (χ4n) is 1.58. The van der Waals surface area contributed by atoms with Gasteiger partial charge in [0.1, 0.15) is 5.82 Å². The fourth-order valence-corrected chi connectivity index (χ4v) is 2.53. The lowest BCUT2D eigenvalue weighted by molar-refractivity contribution is 0.102. The van der Waals surface area contributed by atoms with Gasteiger partial charge < -0.3 is 0 Å². The van der Waals surface area contributed by atoms with Crippen LogP contribution in [0.4, 0.5) is 5.95 Å². The number of sulfonamides is 1. The monoisotopic (exact) mass is 309 g/mol. The van der Waals surface area contributed by atoms with Gasteiger partial charge in [0.05, 0.1) is 4.90 Å². The zero-order valence-electron chi connectivity index (χ0n) is 11.8. The Hall–Kier alpha value is -2.26. The molecule has 0 aliphatic heterocycles. The van der Waals surface area contributed by atoms with Crippen LogP contribution >= 0.6 is 0 Å². The highest BCUT2D eigenvalue weighted by atomic mass is 32.2. The Morgan fingerprint density at radius 3 is 2.62 bits per heavy atom. The van der Waals surface area contributed by atoms with Gasteiger partial charge in [0.2, 0.25) is 16.0 Å². The Balaban J connectivity index is 2.27. The first kappa shape index (κ1) is 15.1. The van der Waals surface area contributed by atoms with Gasteiger partial charge >= 0.3 is 0 Å². The minimum Gasteiger partial charge on any atom is -0.289 e. The highest BCUT2D eigenvalue weighted by molar-refractivity contribution is 7.89. The van der Waals surface area contributed by atoms with Crippen LogP contribution in [0, 0.1) is 6.92 Å². The van der Waals surface area contributed by atoms with Crippen molar-refractivity contribution >= 4 is 21.9 Å². The number of benzene rings is 1. The van der Waals surface area contributed by atoms with Gasteiger partial charge in [0.15, 0.2) is 0 Å². The summed E-state index contributed by atoms with van der Waals surface area (Å²) in [4.78, 5) is 16.1. The van der Waals surface area contributed by atoms with Gasteiger partial charge in [-0.25, -0.2) is 12.7 Å². The van der Waals surface area contributed by atoms with Crippen molar-refractivity contribution in [2.45, 2.75) is 11.8 Å². The standard InChI is InChI=1S/C12H15N5O3S/c1-8-13-12(16-15-8)14-11(18)9-5-4-6-10(7-9)21(19,20)17(2)3/h4-7H,1-3H3,(H2,13,14,15,16,18). The van der Waals surface area contributed by atoms with E-state index < -0.39 is 15.9 Å². The molecule has 0 bridgehead atoms. The molecule has 2 aromatic rings. The lowest BCUT2D eigenvalue weighted by atomic mass is 10.2. The van der Waals surface area contributed by atoms with Crippen LogP contribution in [0.5, 0.6) is 0 Å². The topological polar surface area (TPSA) is 108 Å². The second kappa shape index (κ2) is 5.62. The molecule has 1 heterocycles. The van der Waals surface area contributed by atoms with Crippen LogP contribution in [0.25, 0.3) is 0 Å². The molecule has 0 fully saturated rings. The number of amides is 1. The van der Waals surface area contributed by atoms with E-state index in [0.717, 1.165) is 4.31 Å². The molecule has 1 aromatic carbocycles. The maximum Gasteiger partial charge on any atom is 0.258 e. The molecular weight excluding hydrogens is 294 g/mol. The normalized spacial score (nSPS) is 11.6. The zero-order chi connectivity index (χ0) is 15.6. The van der Waals surface area contributed by atoms with E-state index in [2.05, 4.69) is 20.5 Å². The second-order valence-corrected chi connectivity index (χ2v) is 6.67. The van der Waals surface area contributed by atoms with Gasteiger partial charge in [-0.15, -0.1) is 5.10 Å². The van der Waals surface area contributed by atoms with E-state index in [9.17, 15) is 13.2 Å². The number of rotatable bonds is 4. The summed E-state index contributed by atoms with van der Waals surface area (Å²) >= 11 is 0. The van der Waals surface area contributed by atoms with Crippen molar-refractivity contribution in [1.82, 2.24) is 19.5 Å². The molecule has 112 valence electrons. The average molecular weight is 309 g/mol. The van der Waals surface area contributed by atoms with Gasteiger partial charge in [0, 0.05) is 19.7 Å². The predicted molar refractivity (Wildman–Crippen MR) is 76.4 cm³/mol. The third-order valence-corrected chi connectivity index (χ3v) is 4.51. The van der Waals surface area contributed by atoms with E-state index >= 15 is 0 Å². The number of anilines is 1. The lowest BCUT2D eigenvalue weighted by Gasteiger charge is -2.11. The van der Waals surface area contributed by atoms with Crippen LogP contribution in [0.3, 0.4) is 0 Å². The maximum absolute atomic E-state index is 12.1. The number of aromatic nitrogens is 3. The molecule has 0 aliphatic rings. The Labute approximate surface area is 122 Å². The van der Waals surface area contributed by atoms with Crippen LogP contribution in [0.15, 0.2) is 29.2 Å². The van der Waals surface area contributed by atoms with Gasteiger partial charge in [-0.1, -0.05) is 6.07 Å². The maximum atomic E-state index is 12.1. The summed E-state index contributed by atoms with van der Waals surface area (Å²) in [6, 6.07) is 5.77. The molecule has 0 saturated heterocycles. The van der Waals surface area contributed by atoms with E-state index in [4.69, 9.17) is 0 Å². The summed E-state index contributed by atoms with van der Waals surface area (Å²) in [5.41, 5.74) is 0.209. The summed E-state index contributed by atoms with van der Waals surface area (Å²) in [7, 11) is -0.728. The largest absolute Gasteiger partial charge is 0.289 e. The number of nitrogens with zero attached hydrogens (tertiary/aromatic N) is 3. The average Bonchev–Trinajstić information content (AvgIpc) is 2.84. The molecule has 0 saturated carbocycles. The molecule has 8 nitrogen and oxygen atoms in total. The van der Waals surface area contributed by atoms with Crippen LogP contribution in [0.2, 0.25) is 0 Å². The summed E-state index contributed by atoms with van der Waals surface area (Å²) in [5, 5.41) is 8.87. The van der Waals surface area contributed by atoms with E-state index in [1.807, 2.05) is 0 Å². The van der Waals surface area contributed by atoms with Crippen molar-refractivity contribution in [2.24, 2.45) is 0 Å². The van der Waals surface area contributed by atoms with E-state index in [0.29, 0.717) is 5.82 Å². The van der Waals surface area contributed by atoms with Crippen molar-refractivity contribution in [2.75, 3.05) is 19.4 Å². The summed E-state index contributed by atoms with van der Waals surface area (Å²) in [6.07, 6.45) is 0. The molecule has 0 atom stereocenters. The van der Waals surface area contributed by atoms with Crippen LogP contribution in [-0.4, -0.2) is 47.9 Å². The van der Waals surface area contributed by atoms with Crippen LogP contribution in [-0.2, 0) is 10.0 Å². The molecule has 0 unspecified atom stereocenters. The minimum atomic E-state index is -3.59. The molecular formula is C12H15N5O3S. The third kappa shape index (κ3) is 3.26. The van der Waals surface area contributed by atoms with E-state index in [1.165, 1.54) is 38.4 Å². The molecule has 2 N–H and O–H groups in total. The summed E-state index contributed by atoms with van der Waals surface area (Å²) in [6.45, 7) is 1.70. The van der Waals surface area contributed by atoms with E-state index in [1.54, 1.807) is 6.92 Å². The molecule has 0 radical (unpaired) electrons. The number of aryl methyl sites for hydroxylation is 1.